The molecule has 2 atom stereocenters. The van der Waals surface area contributed by atoms with Gasteiger partial charge in [0.25, 0.3) is 0 Å². The van der Waals surface area contributed by atoms with Crippen LogP contribution >= 0.6 is 0 Å². The number of hydrogen-bond donors (Lipinski definition) is 1. The molecule has 0 saturated carbocycles. The maximum absolute atomic E-state index is 12.0. The zero-order valence-corrected chi connectivity index (χ0v) is 10.0. The molecule has 1 amide bonds. The monoisotopic (exact) mass is 212 g/mol. The summed E-state index contributed by atoms with van der Waals surface area (Å²) in [6, 6.07) is 0.507. The Hall–Kier alpha value is -0.570. The molecule has 0 aromatic rings. The average molecular weight is 212 g/mol. The predicted octanol–water partition coefficient (Wildman–Crippen LogP) is 1.90. The van der Waals surface area contributed by atoms with Gasteiger partial charge in [-0.1, -0.05) is 13.8 Å². The molecule has 0 aliphatic carbocycles. The third-order valence-electron chi connectivity index (χ3n) is 3.38. The predicted molar refractivity (Wildman–Crippen MR) is 62.5 cm³/mol. The summed E-state index contributed by atoms with van der Waals surface area (Å²) in [6.45, 7) is 5.13. The molecule has 3 heteroatoms. The third-order valence-corrected chi connectivity index (χ3v) is 3.38. The summed E-state index contributed by atoms with van der Waals surface area (Å²) in [6.07, 6.45) is 6.08. The van der Waals surface area contributed by atoms with Gasteiger partial charge in [0.15, 0.2) is 0 Å². The topological polar surface area (TPSA) is 46.3 Å². The van der Waals surface area contributed by atoms with Gasteiger partial charge in [-0.3, -0.25) is 4.79 Å². The standard InChI is InChI=1S/C12H24N2O/c1-3-10(13)9-12(15)14-8-6-5-7-11(14)4-2/h10-11H,3-9,13H2,1-2H3. The van der Waals surface area contributed by atoms with Gasteiger partial charge in [0.05, 0.1) is 0 Å². The lowest BCUT2D eigenvalue weighted by Crippen LogP contribution is -2.45. The highest BCUT2D eigenvalue weighted by Gasteiger charge is 2.25. The van der Waals surface area contributed by atoms with E-state index >= 15 is 0 Å². The van der Waals surface area contributed by atoms with Gasteiger partial charge in [-0.15, -0.1) is 0 Å². The second-order valence-corrected chi connectivity index (χ2v) is 4.52. The maximum atomic E-state index is 12.0. The van der Waals surface area contributed by atoms with Crippen LogP contribution in [0, 0.1) is 0 Å². The molecule has 1 fully saturated rings. The minimum atomic E-state index is 0.0388. The van der Waals surface area contributed by atoms with Crippen molar-refractivity contribution in [3.63, 3.8) is 0 Å². The van der Waals surface area contributed by atoms with Crippen molar-refractivity contribution in [3.8, 4) is 0 Å². The number of hydrogen-bond acceptors (Lipinski definition) is 2. The van der Waals surface area contributed by atoms with Crippen molar-refractivity contribution in [2.45, 2.75) is 64.5 Å². The highest BCUT2D eigenvalue weighted by atomic mass is 16.2. The summed E-state index contributed by atoms with van der Waals surface area (Å²) >= 11 is 0. The molecular formula is C12H24N2O. The second-order valence-electron chi connectivity index (χ2n) is 4.52. The van der Waals surface area contributed by atoms with E-state index in [1.54, 1.807) is 0 Å². The Kier molecular flexibility index (Phi) is 5.09. The van der Waals surface area contributed by atoms with Crippen molar-refractivity contribution in [2.24, 2.45) is 5.73 Å². The lowest BCUT2D eigenvalue weighted by atomic mass is 9.99. The average Bonchev–Trinajstić information content (AvgIpc) is 2.28. The third kappa shape index (κ3) is 3.49. The molecule has 2 unspecified atom stereocenters. The van der Waals surface area contributed by atoms with E-state index in [9.17, 15) is 4.79 Å². The quantitative estimate of drug-likeness (QED) is 0.773. The molecule has 88 valence electrons. The van der Waals surface area contributed by atoms with Gasteiger partial charge in [0.2, 0.25) is 5.91 Å². The van der Waals surface area contributed by atoms with Gasteiger partial charge in [-0.05, 0) is 32.1 Å². The molecule has 0 bridgehead atoms. The van der Waals surface area contributed by atoms with Crippen LogP contribution in [0.2, 0.25) is 0 Å². The smallest absolute Gasteiger partial charge is 0.224 e. The molecule has 0 aromatic carbocycles. The van der Waals surface area contributed by atoms with Crippen molar-refractivity contribution >= 4 is 5.91 Å². The van der Waals surface area contributed by atoms with Crippen molar-refractivity contribution in [2.75, 3.05) is 6.54 Å². The van der Waals surface area contributed by atoms with Crippen LogP contribution in [0.3, 0.4) is 0 Å². The van der Waals surface area contributed by atoms with E-state index in [4.69, 9.17) is 5.73 Å². The fourth-order valence-corrected chi connectivity index (χ4v) is 2.24. The number of rotatable bonds is 4. The van der Waals surface area contributed by atoms with Gasteiger partial charge in [0, 0.05) is 25.0 Å². The summed E-state index contributed by atoms with van der Waals surface area (Å²) < 4.78 is 0. The fourth-order valence-electron chi connectivity index (χ4n) is 2.24. The van der Waals surface area contributed by atoms with Gasteiger partial charge in [-0.25, -0.2) is 0 Å². The Bertz CT molecular complexity index is 206. The minimum Gasteiger partial charge on any atom is -0.340 e. The maximum Gasteiger partial charge on any atom is 0.224 e. The Morgan fingerprint density at radius 1 is 1.47 bits per heavy atom. The largest absolute Gasteiger partial charge is 0.340 e. The minimum absolute atomic E-state index is 0.0388. The van der Waals surface area contributed by atoms with Gasteiger partial charge in [0.1, 0.15) is 0 Å². The SMILES string of the molecule is CCC(N)CC(=O)N1CCCCC1CC. The molecule has 3 nitrogen and oxygen atoms in total. The summed E-state index contributed by atoms with van der Waals surface area (Å²) in [5.74, 6) is 0.260. The zero-order chi connectivity index (χ0) is 11.3. The summed E-state index contributed by atoms with van der Waals surface area (Å²) in [5.41, 5.74) is 5.82. The molecule has 1 rings (SSSR count). The van der Waals surface area contributed by atoms with Crippen LogP contribution in [-0.2, 0) is 4.79 Å². The Morgan fingerprint density at radius 3 is 2.80 bits per heavy atom. The summed E-state index contributed by atoms with van der Waals surface area (Å²) in [4.78, 5) is 14.0. The molecule has 1 aliphatic heterocycles. The van der Waals surface area contributed by atoms with E-state index < -0.39 is 0 Å². The number of amides is 1. The Labute approximate surface area is 93.0 Å². The van der Waals surface area contributed by atoms with Crippen molar-refractivity contribution in [1.29, 1.82) is 0 Å². The van der Waals surface area contributed by atoms with Crippen LogP contribution in [0.5, 0.6) is 0 Å². The second kappa shape index (κ2) is 6.11. The molecule has 1 saturated heterocycles. The first kappa shape index (κ1) is 12.5. The Morgan fingerprint density at radius 2 is 2.20 bits per heavy atom. The molecule has 1 aliphatic rings. The number of nitrogens with two attached hydrogens (primary N) is 1. The van der Waals surface area contributed by atoms with E-state index in [1.807, 2.05) is 6.92 Å². The molecule has 15 heavy (non-hydrogen) atoms. The molecule has 1 heterocycles. The molecule has 0 aromatic heterocycles. The van der Waals surface area contributed by atoms with E-state index in [-0.39, 0.29) is 11.9 Å². The first-order chi connectivity index (χ1) is 7.19. The number of piperidine rings is 1. The van der Waals surface area contributed by atoms with Gasteiger partial charge >= 0.3 is 0 Å². The normalized spacial score (nSPS) is 23.9. The first-order valence-electron chi connectivity index (χ1n) is 6.24. The molecular weight excluding hydrogens is 188 g/mol. The first-order valence-corrected chi connectivity index (χ1v) is 6.24. The van der Waals surface area contributed by atoms with Crippen LogP contribution < -0.4 is 5.73 Å². The zero-order valence-electron chi connectivity index (χ0n) is 10.0. The van der Waals surface area contributed by atoms with Crippen molar-refractivity contribution < 1.29 is 4.79 Å². The summed E-state index contributed by atoms with van der Waals surface area (Å²) in [5, 5.41) is 0. The molecule has 0 radical (unpaired) electrons. The van der Waals surface area contributed by atoms with Gasteiger partial charge < -0.3 is 10.6 Å². The number of likely N-dealkylation sites (tertiary alicyclic amines) is 1. The van der Waals surface area contributed by atoms with E-state index in [0.717, 1.165) is 25.8 Å². The lowest BCUT2D eigenvalue weighted by molar-refractivity contribution is -0.135. The number of carbonyl (C=O) groups excluding carboxylic acids is 1. The van der Waals surface area contributed by atoms with Crippen molar-refractivity contribution in [1.82, 2.24) is 4.90 Å². The number of carbonyl (C=O) groups is 1. The van der Waals surface area contributed by atoms with Crippen molar-refractivity contribution in [3.05, 3.63) is 0 Å². The number of nitrogens with zero attached hydrogens (tertiary/aromatic N) is 1. The van der Waals surface area contributed by atoms with E-state index in [2.05, 4.69) is 11.8 Å². The summed E-state index contributed by atoms with van der Waals surface area (Å²) in [7, 11) is 0. The molecule has 0 spiro atoms. The van der Waals surface area contributed by atoms with Gasteiger partial charge in [-0.2, -0.15) is 0 Å². The van der Waals surface area contributed by atoms with Crippen LogP contribution in [-0.4, -0.2) is 29.4 Å². The van der Waals surface area contributed by atoms with Crippen LogP contribution in [0.4, 0.5) is 0 Å². The molecule has 2 N–H and O–H groups in total. The van der Waals surface area contributed by atoms with Crippen LogP contribution in [0.15, 0.2) is 0 Å². The van der Waals surface area contributed by atoms with E-state index in [1.165, 1.54) is 12.8 Å². The van der Waals surface area contributed by atoms with E-state index in [0.29, 0.717) is 12.5 Å². The highest BCUT2D eigenvalue weighted by Crippen LogP contribution is 2.20. The Balaban J connectivity index is 2.48. The highest BCUT2D eigenvalue weighted by molar-refractivity contribution is 5.77. The fraction of sp³-hybridized carbons (Fsp3) is 0.917. The lowest BCUT2D eigenvalue weighted by Gasteiger charge is -2.35. The van der Waals surface area contributed by atoms with Crippen LogP contribution in [0.25, 0.3) is 0 Å². The van der Waals surface area contributed by atoms with Crippen LogP contribution in [0.1, 0.15) is 52.4 Å².